The van der Waals surface area contributed by atoms with Gasteiger partial charge in [-0.3, -0.25) is 0 Å². The zero-order chi connectivity index (χ0) is 12.8. The summed E-state index contributed by atoms with van der Waals surface area (Å²) in [7, 11) is 2.16. The van der Waals surface area contributed by atoms with Crippen LogP contribution in [0.1, 0.15) is 6.42 Å². The minimum Gasteiger partial charge on any atom is -1.00 e. The van der Waals surface area contributed by atoms with E-state index in [0.29, 0.717) is 0 Å². The number of para-hydroxylation sites is 1. The van der Waals surface area contributed by atoms with Crippen LogP contribution in [0.2, 0.25) is 0 Å². The average molecular weight is 376 g/mol. The number of rotatable bonds is 1. The number of anilines is 1. The maximum atomic E-state index is 2.47. The molecule has 1 fully saturated rings. The average Bonchev–Trinajstić information content (AvgIpc) is 2.38. The molecular formula is C17H17IN2. The monoisotopic (exact) mass is 376 g/mol. The smallest absolute Gasteiger partial charge is 0.214 e. The molecule has 3 aromatic rings. The highest BCUT2D eigenvalue weighted by Crippen LogP contribution is 2.30. The van der Waals surface area contributed by atoms with Gasteiger partial charge in [-0.1, -0.05) is 18.2 Å². The number of nitrogens with zero attached hydrogens (tertiary/aromatic N) is 2. The van der Waals surface area contributed by atoms with Gasteiger partial charge in [-0.2, -0.15) is 4.57 Å². The first kappa shape index (κ1) is 13.6. The van der Waals surface area contributed by atoms with E-state index in [1.54, 1.807) is 0 Å². The largest absolute Gasteiger partial charge is 1.00 e. The Morgan fingerprint density at radius 1 is 0.950 bits per heavy atom. The Hall–Kier alpha value is -1.36. The number of halogens is 1. The first-order valence-corrected chi connectivity index (χ1v) is 6.90. The van der Waals surface area contributed by atoms with E-state index >= 15 is 0 Å². The van der Waals surface area contributed by atoms with Crippen LogP contribution in [0.3, 0.4) is 0 Å². The zero-order valence-electron chi connectivity index (χ0n) is 11.5. The summed E-state index contributed by atoms with van der Waals surface area (Å²) in [5.74, 6) is 0. The van der Waals surface area contributed by atoms with Gasteiger partial charge in [-0.05, 0) is 24.6 Å². The summed E-state index contributed by atoms with van der Waals surface area (Å²) < 4.78 is 2.30. The third-order valence-electron chi connectivity index (χ3n) is 4.22. The predicted octanol–water partition coefficient (Wildman–Crippen LogP) is 0.0316. The van der Waals surface area contributed by atoms with Gasteiger partial charge in [0.05, 0.1) is 11.1 Å². The maximum absolute atomic E-state index is 2.47. The zero-order valence-corrected chi connectivity index (χ0v) is 13.7. The van der Waals surface area contributed by atoms with Crippen LogP contribution in [0.5, 0.6) is 0 Å². The van der Waals surface area contributed by atoms with Gasteiger partial charge in [0.25, 0.3) is 0 Å². The molecule has 20 heavy (non-hydrogen) atoms. The van der Waals surface area contributed by atoms with E-state index < -0.39 is 0 Å². The van der Waals surface area contributed by atoms with E-state index in [0.717, 1.165) is 0 Å². The van der Waals surface area contributed by atoms with E-state index in [9.17, 15) is 0 Å². The maximum Gasteiger partial charge on any atom is 0.214 e. The van der Waals surface area contributed by atoms with Gasteiger partial charge in [-0.25, -0.2) is 0 Å². The number of hydrogen-bond donors (Lipinski definition) is 0. The minimum absolute atomic E-state index is 0. The van der Waals surface area contributed by atoms with Crippen molar-refractivity contribution in [3.05, 3.63) is 48.5 Å². The number of aryl methyl sites for hydroxylation is 1. The molecule has 0 atom stereocenters. The lowest BCUT2D eigenvalue weighted by molar-refractivity contribution is -0.617. The van der Waals surface area contributed by atoms with Crippen LogP contribution in [0.4, 0.5) is 5.69 Å². The number of pyridine rings is 1. The van der Waals surface area contributed by atoms with Crippen molar-refractivity contribution in [2.24, 2.45) is 7.05 Å². The van der Waals surface area contributed by atoms with Crippen molar-refractivity contribution >= 4 is 27.5 Å². The molecule has 0 amide bonds. The highest BCUT2D eigenvalue weighted by Gasteiger charge is 2.20. The van der Waals surface area contributed by atoms with Crippen molar-refractivity contribution in [3.8, 4) is 0 Å². The first-order valence-electron chi connectivity index (χ1n) is 6.90. The molecule has 0 spiro atoms. The van der Waals surface area contributed by atoms with Gasteiger partial charge in [0, 0.05) is 30.6 Å². The molecule has 2 aromatic carbocycles. The summed E-state index contributed by atoms with van der Waals surface area (Å²) in [4.78, 5) is 2.47. The van der Waals surface area contributed by atoms with Crippen LogP contribution in [0, 0.1) is 0 Å². The Balaban J connectivity index is 0.00000121. The minimum atomic E-state index is 0. The summed E-state index contributed by atoms with van der Waals surface area (Å²) in [5, 5.41) is 2.67. The SMILES string of the molecule is C[n+]1c2ccccc2cc2c(N3CCC3)cccc21.[I-]. The van der Waals surface area contributed by atoms with Crippen molar-refractivity contribution in [1.29, 1.82) is 0 Å². The van der Waals surface area contributed by atoms with Crippen molar-refractivity contribution in [2.45, 2.75) is 6.42 Å². The summed E-state index contributed by atoms with van der Waals surface area (Å²) in [6.07, 6.45) is 1.32. The second kappa shape index (κ2) is 5.20. The molecule has 3 heteroatoms. The van der Waals surface area contributed by atoms with Gasteiger partial charge in [0.2, 0.25) is 11.0 Å². The molecule has 2 heterocycles. The number of aromatic nitrogens is 1. The van der Waals surface area contributed by atoms with Crippen LogP contribution in [-0.4, -0.2) is 13.1 Å². The van der Waals surface area contributed by atoms with E-state index in [4.69, 9.17) is 0 Å². The Kier molecular flexibility index (Phi) is 3.54. The van der Waals surface area contributed by atoms with Gasteiger partial charge in [-0.15, -0.1) is 0 Å². The fourth-order valence-corrected chi connectivity index (χ4v) is 3.01. The standard InChI is InChI=1S/C17H17N2.HI/c1-18-15-7-3-2-6-13(15)12-14-16(18)8-4-9-17(14)19-10-5-11-19;/h2-4,6-9,12H,5,10-11H2,1H3;1H/q+1;/p-1. The molecule has 1 aromatic heterocycles. The third-order valence-corrected chi connectivity index (χ3v) is 4.22. The van der Waals surface area contributed by atoms with E-state index in [1.807, 2.05) is 0 Å². The Morgan fingerprint density at radius 3 is 2.45 bits per heavy atom. The Labute approximate surface area is 136 Å². The normalized spacial score (nSPS) is 14.2. The number of hydrogen-bond acceptors (Lipinski definition) is 1. The molecule has 0 aliphatic carbocycles. The fraction of sp³-hybridized carbons (Fsp3) is 0.235. The Bertz CT molecular complexity index is 778. The molecule has 2 nitrogen and oxygen atoms in total. The van der Waals surface area contributed by atoms with Gasteiger partial charge >= 0.3 is 0 Å². The molecule has 1 aliphatic heterocycles. The van der Waals surface area contributed by atoms with Crippen molar-refractivity contribution in [2.75, 3.05) is 18.0 Å². The van der Waals surface area contributed by atoms with Crippen LogP contribution in [0.15, 0.2) is 48.5 Å². The topological polar surface area (TPSA) is 7.12 Å². The molecule has 0 N–H and O–H groups in total. The molecule has 0 bridgehead atoms. The van der Waals surface area contributed by atoms with E-state index in [-0.39, 0.29) is 24.0 Å². The van der Waals surface area contributed by atoms with E-state index in [2.05, 4.69) is 65.0 Å². The molecule has 4 rings (SSSR count). The van der Waals surface area contributed by atoms with Crippen molar-refractivity contribution in [1.82, 2.24) is 0 Å². The molecule has 1 aliphatic rings. The molecule has 102 valence electrons. The summed E-state index contributed by atoms with van der Waals surface area (Å²) in [6.45, 7) is 2.38. The summed E-state index contributed by atoms with van der Waals surface area (Å²) >= 11 is 0. The lowest BCUT2D eigenvalue weighted by Crippen LogP contribution is -3.00. The summed E-state index contributed by atoms with van der Waals surface area (Å²) in [6, 6.07) is 17.6. The van der Waals surface area contributed by atoms with Crippen LogP contribution in [0.25, 0.3) is 21.8 Å². The van der Waals surface area contributed by atoms with Gasteiger partial charge < -0.3 is 28.9 Å². The van der Waals surface area contributed by atoms with Crippen molar-refractivity contribution < 1.29 is 28.5 Å². The Morgan fingerprint density at radius 2 is 1.70 bits per heavy atom. The predicted molar refractivity (Wildman–Crippen MR) is 79.5 cm³/mol. The summed E-state index contributed by atoms with van der Waals surface area (Å²) in [5.41, 5.74) is 3.98. The van der Waals surface area contributed by atoms with E-state index in [1.165, 1.54) is 47.0 Å². The lowest BCUT2D eigenvalue weighted by atomic mass is 10.1. The highest BCUT2D eigenvalue weighted by molar-refractivity contribution is 5.96. The fourth-order valence-electron chi connectivity index (χ4n) is 3.01. The van der Waals surface area contributed by atoms with Crippen molar-refractivity contribution in [3.63, 3.8) is 0 Å². The second-order valence-electron chi connectivity index (χ2n) is 5.31. The molecule has 0 saturated carbocycles. The van der Waals surface area contributed by atoms with Gasteiger partial charge in [0.1, 0.15) is 7.05 Å². The first-order chi connectivity index (χ1) is 9.34. The van der Waals surface area contributed by atoms with Crippen LogP contribution in [-0.2, 0) is 7.05 Å². The van der Waals surface area contributed by atoms with Crippen LogP contribution >= 0.6 is 0 Å². The molecule has 0 unspecified atom stereocenters. The highest BCUT2D eigenvalue weighted by atomic mass is 127. The van der Waals surface area contributed by atoms with Crippen LogP contribution < -0.4 is 33.4 Å². The van der Waals surface area contributed by atoms with Gasteiger partial charge in [0.15, 0.2) is 0 Å². The molecular weight excluding hydrogens is 359 g/mol. The number of fused-ring (bicyclic) bond motifs is 2. The third kappa shape index (κ3) is 1.95. The molecule has 0 radical (unpaired) electrons. The number of benzene rings is 2. The quantitative estimate of drug-likeness (QED) is 0.330. The molecule has 1 saturated heterocycles. The lowest BCUT2D eigenvalue weighted by Gasteiger charge is -2.33. The second-order valence-corrected chi connectivity index (χ2v) is 5.31.